The molecule has 9 heavy (non-hydrogen) atoms. The van der Waals surface area contributed by atoms with Gasteiger partial charge in [0.25, 0.3) is 0 Å². The maximum atomic E-state index is 3.80. The summed E-state index contributed by atoms with van der Waals surface area (Å²) in [7, 11) is 0. The highest BCUT2D eigenvalue weighted by atomic mass is 13.9. The summed E-state index contributed by atoms with van der Waals surface area (Å²) in [5.74, 6) is 0. The Hall–Kier alpha value is -0.780. The predicted octanol–water partition coefficient (Wildman–Crippen LogP) is 3.08. The van der Waals surface area contributed by atoms with Crippen LogP contribution in [-0.4, -0.2) is 0 Å². The molecule has 0 aliphatic carbocycles. The fraction of sp³-hybridized carbons (Fsp3) is 0.333. The van der Waals surface area contributed by atoms with Crippen LogP contribution < -0.4 is 0 Å². The van der Waals surface area contributed by atoms with Gasteiger partial charge in [0.1, 0.15) is 0 Å². The molecule has 0 unspecified atom stereocenters. The molecule has 0 fully saturated rings. The van der Waals surface area contributed by atoms with Gasteiger partial charge in [0, 0.05) is 0 Å². The molecule has 0 atom stereocenters. The lowest BCUT2D eigenvalue weighted by Crippen LogP contribution is -1.75. The maximum Gasteiger partial charge on any atom is -0.0114 e. The number of rotatable bonds is 3. The van der Waals surface area contributed by atoms with E-state index in [0.717, 1.165) is 6.42 Å². The van der Waals surface area contributed by atoms with Crippen LogP contribution in [0.3, 0.4) is 0 Å². The van der Waals surface area contributed by atoms with E-state index in [1.165, 1.54) is 11.1 Å². The summed E-state index contributed by atoms with van der Waals surface area (Å²) in [6.45, 7) is 11.5. The third-order valence-corrected chi connectivity index (χ3v) is 0.983. The van der Waals surface area contributed by atoms with Crippen LogP contribution in [0.1, 0.15) is 20.3 Å². The minimum Gasteiger partial charge on any atom is -0.0998 e. The molecule has 0 heterocycles. The van der Waals surface area contributed by atoms with Crippen molar-refractivity contribution in [2.24, 2.45) is 0 Å². The van der Waals surface area contributed by atoms with Crippen LogP contribution in [0.2, 0.25) is 0 Å². The van der Waals surface area contributed by atoms with Gasteiger partial charge in [-0.25, -0.2) is 0 Å². The average Bonchev–Trinajstić information content (AvgIpc) is 1.63. The minimum atomic E-state index is 0.992. The molecule has 0 aliphatic rings. The quantitative estimate of drug-likeness (QED) is 0.398. The first-order valence-corrected chi connectivity index (χ1v) is 3.09. The van der Waals surface area contributed by atoms with Crippen molar-refractivity contribution in [3.63, 3.8) is 0 Å². The van der Waals surface area contributed by atoms with Gasteiger partial charge in [0.15, 0.2) is 0 Å². The van der Waals surface area contributed by atoms with E-state index in [0.29, 0.717) is 0 Å². The first-order valence-electron chi connectivity index (χ1n) is 3.09. The Balaban J connectivity index is 3.75. The summed E-state index contributed by atoms with van der Waals surface area (Å²) in [4.78, 5) is 0. The van der Waals surface area contributed by atoms with Gasteiger partial charge < -0.3 is 0 Å². The van der Waals surface area contributed by atoms with Crippen molar-refractivity contribution in [2.75, 3.05) is 0 Å². The van der Waals surface area contributed by atoms with E-state index < -0.39 is 0 Å². The topological polar surface area (TPSA) is 0 Å². The van der Waals surface area contributed by atoms with E-state index in [1.807, 2.05) is 13.0 Å². The van der Waals surface area contributed by atoms with Crippen LogP contribution in [0, 0.1) is 0 Å². The number of allylic oxidation sites excluding steroid dienone is 4. The van der Waals surface area contributed by atoms with Crippen molar-refractivity contribution in [2.45, 2.75) is 20.3 Å². The molecule has 0 amide bonds. The zero-order valence-corrected chi connectivity index (χ0v) is 6.28. The molecule has 50 valence electrons. The molecule has 0 aromatic heterocycles. The third-order valence-electron chi connectivity index (χ3n) is 0.983. The Labute approximate surface area is 57.6 Å². The van der Waals surface area contributed by atoms with Gasteiger partial charge in [-0.3, -0.25) is 0 Å². The average molecular weight is 122 g/mol. The van der Waals surface area contributed by atoms with Gasteiger partial charge in [-0.15, -0.1) is 0 Å². The lowest BCUT2D eigenvalue weighted by atomic mass is 10.1. The summed E-state index contributed by atoms with van der Waals surface area (Å²) in [5, 5.41) is 0. The first kappa shape index (κ1) is 8.22. The third kappa shape index (κ3) is 5.09. The summed E-state index contributed by atoms with van der Waals surface area (Å²) in [6, 6.07) is 0. The summed E-state index contributed by atoms with van der Waals surface area (Å²) < 4.78 is 0. The van der Waals surface area contributed by atoms with Crippen LogP contribution in [0.25, 0.3) is 0 Å². The van der Waals surface area contributed by atoms with Crippen molar-refractivity contribution < 1.29 is 0 Å². The number of hydrogen-bond donors (Lipinski definition) is 0. The van der Waals surface area contributed by atoms with Crippen molar-refractivity contribution in [3.05, 3.63) is 36.5 Å². The second-order valence-electron chi connectivity index (χ2n) is 2.38. The molecule has 0 aromatic rings. The molecular weight excluding hydrogens is 108 g/mol. The first-order chi connectivity index (χ1) is 4.16. The molecule has 0 N–H and O–H groups in total. The molecule has 0 saturated heterocycles. The lowest BCUT2D eigenvalue weighted by Gasteiger charge is -1.96. The Bertz CT molecular complexity index is 138. The molecule has 0 bridgehead atoms. The Morgan fingerprint density at radius 2 is 2.00 bits per heavy atom. The van der Waals surface area contributed by atoms with E-state index in [1.54, 1.807) is 6.08 Å². The van der Waals surface area contributed by atoms with E-state index >= 15 is 0 Å². The van der Waals surface area contributed by atoms with E-state index in [-0.39, 0.29) is 0 Å². The Kier molecular flexibility index (Phi) is 3.78. The van der Waals surface area contributed by atoms with Crippen LogP contribution in [-0.2, 0) is 0 Å². The van der Waals surface area contributed by atoms with E-state index in [9.17, 15) is 0 Å². The molecule has 0 nitrogen and oxygen atoms in total. The van der Waals surface area contributed by atoms with Gasteiger partial charge in [-0.1, -0.05) is 36.5 Å². The highest BCUT2D eigenvalue weighted by Gasteiger charge is 1.86. The monoisotopic (exact) mass is 122 g/mol. The second kappa shape index (κ2) is 4.13. The Morgan fingerprint density at radius 3 is 2.33 bits per heavy atom. The van der Waals surface area contributed by atoms with Crippen molar-refractivity contribution in [3.8, 4) is 0 Å². The fourth-order valence-electron chi connectivity index (χ4n) is 0.736. The minimum absolute atomic E-state index is 0.992. The van der Waals surface area contributed by atoms with Crippen LogP contribution in [0.5, 0.6) is 0 Å². The summed E-state index contributed by atoms with van der Waals surface area (Å²) in [5.41, 5.74) is 2.52. The largest absolute Gasteiger partial charge is 0.0998 e. The molecule has 0 spiro atoms. The van der Waals surface area contributed by atoms with E-state index in [4.69, 9.17) is 0 Å². The van der Waals surface area contributed by atoms with Crippen molar-refractivity contribution in [1.82, 2.24) is 0 Å². The highest BCUT2D eigenvalue weighted by Crippen LogP contribution is 2.06. The zero-order valence-electron chi connectivity index (χ0n) is 6.28. The summed E-state index contributed by atoms with van der Waals surface area (Å²) in [6.07, 6.45) is 4.80. The van der Waals surface area contributed by atoms with Crippen LogP contribution >= 0.6 is 0 Å². The Morgan fingerprint density at radius 1 is 1.44 bits per heavy atom. The van der Waals surface area contributed by atoms with Crippen LogP contribution in [0.15, 0.2) is 36.5 Å². The molecule has 0 aliphatic heterocycles. The second-order valence-corrected chi connectivity index (χ2v) is 2.38. The van der Waals surface area contributed by atoms with Crippen molar-refractivity contribution in [1.29, 1.82) is 0 Å². The summed E-state index contributed by atoms with van der Waals surface area (Å²) >= 11 is 0. The SMILES string of the molecule is C=C/C=C(\C)CC(=C)C. The molecule has 0 rings (SSSR count). The zero-order chi connectivity index (χ0) is 7.28. The molecular formula is C9H14. The number of hydrogen-bond acceptors (Lipinski definition) is 0. The van der Waals surface area contributed by atoms with Gasteiger partial charge in [-0.05, 0) is 20.3 Å². The lowest BCUT2D eigenvalue weighted by molar-refractivity contribution is 1.12. The van der Waals surface area contributed by atoms with Crippen LogP contribution in [0.4, 0.5) is 0 Å². The fourth-order valence-corrected chi connectivity index (χ4v) is 0.736. The standard InChI is InChI=1S/C9H14/c1-5-6-9(4)7-8(2)3/h5-6H,1-2,7H2,3-4H3/b9-6+. The van der Waals surface area contributed by atoms with Crippen molar-refractivity contribution >= 4 is 0 Å². The smallest absolute Gasteiger partial charge is 0.0114 e. The highest BCUT2D eigenvalue weighted by molar-refractivity contribution is 5.13. The normalized spacial score (nSPS) is 11.1. The van der Waals surface area contributed by atoms with Gasteiger partial charge in [0.2, 0.25) is 0 Å². The molecule has 0 heteroatoms. The maximum absolute atomic E-state index is 3.80. The van der Waals surface area contributed by atoms with Gasteiger partial charge in [-0.2, -0.15) is 0 Å². The van der Waals surface area contributed by atoms with E-state index in [2.05, 4.69) is 20.1 Å². The molecule has 0 aromatic carbocycles. The van der Waals surface area contributed by atoms with Gasteiger partial charge >= 0.3 is 0 Å². The van der Waals surface area contributed by atoms with Gasteiger partial charge in [0.05, 0.1) is 0 Å². The molecule has 0 radical (unpaired) electrons. The molecule has 0 saturated carbocycles. The predicted molar refractivity (Wildman–Crippen MR) is 43.4 cm³/mol.